The summed E-state index contributed by atoms with van der Waals surface area (Å²) in [6, 6.07) is 10.4. The van der Waals surface area contributed by atoms with Crippen molar-refractivity contribution in [2.75, 3.05) is 0 Å². The van der Waals surface area contributed by atoms with Crippen molar-refractivity contribution in [2.45, 2.75) is 12.5 Å². The maximum atomic E-state index is 6.10. The van der Waals surface area contributed by atoms with Gasteiger partial charge in [0.1, 0.15) is 0 Å². The number of halogens is 1. The van der Waals surface area contributed by atoms with Crippen molar-refractivity contribution in [1.29, 1.82) is 0 Å². The average Bonchev–Trinajstić information content (AvgIpc) is 2.68. The molecule has 4 heteroatoms. The van der Waals surface area contributed by atoms with E-state index in [-0.39, 0.29) is 6.04 Å². The van der Waals surface area contributed by atoms with Crippen LogP contribution in [0.25, 0.3) is 0 Å². The summed E-state index contributed by atoms with van der Waals surface area (Å²) in [7, 11) is 1.90. The smallest absolute Gasteiger partial charge is 0.0795 e. The highest BCUT2D eigenvalue weighted by Gasteiger charge is 2.09. The Morgan fingerprint density at radius 3 is 2.56 bits per heavy atom. The van der Waals surface area contributed by atoms with Gasteiger partial charge in [0.2, 0.25) is 0 Å². The van der Waals surface area contributed by atoms with Gasteiger partial charge in [-0.3, -0.25) is 4.68 Å². The lowest BCUT2D eigenvalue weighted by Gasteiger charge is -2.08. The van der Waals surface area contributed by atoms with E-state index in [1.807, 2.05) is 19.3 Å². The quantitative estimate of drug-likeness (QED) is 0.879. The summed E-state index contributed by atoms with van der Waals surface area (Å²) >= 11 is 2.30. The van der Waals surface area contributed by atoms with Crippen LogP contribution < -0.4 is 5.73 Å². The van der Waals surface area contributed by atoms with Crippen molar-refractivity contribution in [1.82, 2.24) is 9.78 Å². The first-order chi connectivity index (χ1) is 7.65. The zero-order valence-corrected chi connectivity index (χ0v) is 11.3. The fourth-order valence-electron chi connectivity index (χ4n) is 1.61. The Morgan fingerprint density at radius 1 is 1.31 bits per heavy atom. The number of nitrogens with two attached hydrogens (primary N) is 1. The van der Waals surface area contributed by atoms with Crippen molar-refractivity contribution < 1.29 is 0 Å². The molecule has 1 atom stereocenters. The number of benzene rings is 1. The van der Waals surface area contributed by atoms with E-state index < -0.39 is 0 Å². The lowest BCUT2D eigenvalue weighted by Crippen LogP contribution is -2.14. The van der Waals surface area contributed by atoms with Crippen LogP contribution >= 0.6 is 22.6 Å². The molecule has 1 unspecified atom stereocenters. The Hall–Kier alpha value is -0.880. The van der Waals surface area contributed by atoms with Crippen LogP contribution in [0.5, 0.6) is 0 Å². The molecule has 0 fully saturated rings. The molecule has 2 aromatic rings. The van der Waals surface area contributed by atoms with Gasteiger partial charge in [0.05, 0.1) is 11.7 Å². The molecule has 3 nitrogen and oxygen atoms in total. The van der Waals surface area contributed by atoms with Crippen LogP contribution in [0.2, 0.25) is 0 Å². The van der Waals surface area contributed by atoms with E-state index in [0.29, 0.717) is 0 Å². The summed E-state index contributed by atoms with van der Waals surface area (Å²) in [6.07, 6.45) is 2.75. The minimum absolute atomic E-state index is 0.0266. The maximum absolute atomic E-state index is 6.10. The van der Waals surface area contributed by atoms with Gasteiger partial charge in [-0.1, -0.05) is 12.1 Å². The van der Waals surface area contributed by atoms with Crippen molar-refractivity contribution in [3.63, 3.8) is 0 Å². The molecule has 0 aliphatic rings. The Kier molecular flexibility index (Phi) is 3.60. The molecule has 0 saturated carbocycles. The standard InChI is InChI=1S/C12H14IN3/c1-16-7-6-12(15-16)11(14)8-9-2-4-10(13)5-3-9/h2-7,11H,8,14H2,1H3. The molecule has 0 radical (unpaired) electrons. The zero-order chi connectivity index (χ0) is 11.5. The van der Waals surface area contributed by atoms with Gasteiger partial charge in [0, 0.05) is 16.8 Å². The molecule has 2 rings (SSSR count). The van der Waals surface area contributed by atoms with E-state index in [1.165, 1.54) is 9.13 Å². The van der Waals surface area contributed by atoms with E-state index >= 15 is 0 Å². The molecule has 1 heterocycles. The first kappa shape index (κ1) is 11.6. The monoisotopic (exact) mass is 327 g/mol. The van der Waals surface area contributed by atoms with Crippen LogP contribution in [-0.2, 0) is 13.5 Å². The van der Waals surface area contributed by atoms with Crippen LogP contribution in [0.3, 0.4) is 0 Å². The summed E-state index contributed by atoms with van der Waals surface area (Å²) in [6.45, 7) is 0. The predicted octanol–water partition coefficient (Wildman–Crippen LogP) is 2.27. The fraction of sp³-hybridized carbons (Fsp3) is 0.250. The second-order valence-electron chi connectivity index (χ2n) is 3.85. The summed E-state index contributed by atoms with van der Waals surface area (Å²) in [5.74, 6) is 0. The number of nitrogens with zero attached hydrogens (tertiary/aromatic N) is 2. The van der Waals surface area contributed by atoms with Crippen LogP contribution in [-0.4, -0.2) is 9.78 Å². The highest BCUT2D eigenvalue weighted by atomic mass is 127. The normalized spacial score (nSPS) is 12.7. The molecule has 0 aliphatic carbocycles. The third-order valence-corrected chi connectivity index (χ3v) is 3.20. The van der Waals surface area contributed by atoms with E-state index in [0.717, 1.165) is 12.1 Å². The van der Waals surface area contributed by atoms with Crippen LogP contribution in [0, 0.1) is 3.57 Å². The zero-order valence-electron chi connectivity index (χ0n) is 9.10. The van der Waals surface area contributed by atoms with Gasteiger partial charge in [0.15, 0.2) is 0 Å². The van der Waals surface area contributed by atoms with E-state index in [1.54, 1.807) is 4.68 Å². The highest BCUT2D eigenvalue weighted by Crippen LogP contribution is 2.15. The van der Waals surface area contributed by atoms with Gasteiger partial charge < -0.3 is 5.73 Å². The molecule has 84 valence electrons. The Labute approximate surface area is 109 Å². The lowest BCUT2D eigenvalue weighted by atomic mass is 10.0. The van der Waals surface area contributed by atoms with Gasteiger partial charge in [-0.05, 0) is 52.8 Å². The minimum Gasteiger partial charge on any atom is -0.322 e. The highest BCUT2D eigenvalue weighted by molar-refractivity contribution is 14.1. The summed E-state index contributed by atoms with van der Waals surface area (Å²) in [5, 5.41) is 4.31. The largest absolute Gasteiger partial charge is 0.322 e. The van der Waals surface area contributed by atoms with Gasteiger partial charge >= 0.3 is 0 Å². The van der Waals surface area contributed by atoms with Gasteiger partial charge in [-0.2, -0.15) is 5.10 Å². The third kappa shape index (κ3) is 2.82. The third-order valence-electron chi connectivity index (χ3n) is 2.48. The van der Waals surface area contributed by atoms with Crippen molar-refractivity contribution in [3.8, 4) is 0 Å². The Bertz CT molecular complexity index is 461. The van der Waals surface area contributed by atoms with Gasteiger partial charge in [0.25, 0.3) is 0 Å². The molecular weight excluding hydrogens is 313 g/mol. The van der Waals surface area contributed by atoms with E-state index in [4.69, 9.17) is 5.73 Å². The summed E-state index contributed by atoms with van der Waals surface area (Å²) in [5.41, 5.74) is 8.29. The molecule has 0 bridgehead atoms. The molecule has 16 heavy (non-hydrogen) atoms. The molecule has 0 amide bonds. The second-order valence-corrected chi connectivity index (χ2v) is 5.10. The number of aryl methyl sites for hydroxylation is 1. The molecule has 1 aromatic heterocycles. The van der Waals surface area contributed by atoms with Gasteiger partial charge in [-0.25, -0.2) is 0 Å². The van der Waals surface area contributed by atoms with E-state index in [9.17, 15) is 0 Å². The molecule has 0 aliphatic heterocycles. The first-order valence-electron chi connectivity index (χ1n) is 5.15. The molecule has 0 saturated heterocycles. The summed E-state index contributed by atoms with van der Waals surface area (Å²) < 4.78 is 3.02. The maximum Gasteiger partial charge on any atom is 0.0795 e. The van der Waals surface area contributed by atoms with E-state index in [2.05, 4.69) is 52.0 Å². The van der Waals surface area contributed by atoms with Crippen LogP contribution in [0.1, 0.15) is 17.3 Å². The lowest BCUT2D eigenvalue weighted by molar-refractivity contribution is 0.657. The molecule has 1 aromatic carbocycles. The van der Waals surface area contributed by atoms with Gasteiger partial charge in [-0.15, -0.1) is 0 Å². The van der Waals surface area contributed by atoms with Crippen LogP contribution in [0.15, 0.2) is 36.5 Å². The molecular formula is C12H14IN3. The van der Waals surface area contributed by atoms with Crippen molar-refractivity contribution >= 4 is 22.6 Å². The topological polar surface area (TPSA) is 43.8 Å². The van der Waals surface area contributed by atoms with Crippen LogP contribution in [0.4, 0.5) is 0 Å². The number of hydrogen-bond acceptors (Lipinski definition) is 2. The number of rotatable bonds is 3. The predicted molar refractivity (Wildman–Crippen MR) is 73.0 cm³/mol. The van der Waals surface area contributed by atoms with Crippen molar-refractivity contribution in [2.24, 2.45) is 12.8 Å². The summed E-state index contributed by atoms with van der Waals surface area (Å²) in [4.78, 5) is 0. The SMILES string of the molecule is Cn1ccc(C(N)Cc2ccc(I)cc2)n1. The number of hydrogen-bond donors (Lipinski definition) is 1. The second kappa shape index (κ2) is 4.97. The Balaban J connectivity index is 2.07. The van der Waals surface area contributed by atoms with Crippen molar-refractivity contribution in [3.05, 3.63) is 51.4 Å². The molecule has 0 spiro atoms. The average molecular weight is 327 g/mol. The fourth-order valence-corrected chi connectivity index (χ4v) is 1.97. The molecule has 2 N–H and O–H groups in total. The number of aromatic nitrogens is 2. The first-order valence-corrected chi connectivity index (χ1v) is 6.22. The Morgan fingerprint density at radius 2 is 2.00 bits per heavy atom. The minimum atomic E-state index is -0.0266.